The van der Waals surface area contributed by atoms with Crippen molar-refractivity contribution in [1.29, 1.82) is 0 Å². The quantitative estimate of drug-likeness (QED) is 0.680. The van der Waals surface area contributed by atoms with Gasteiger partial charge in [0.25, 0.3) is 0 Å². The molecule has 0 amide bonds. The van der Waals surface area contributed by atoms with Crippen LogP contribution in [0.3, 0.4) is 0 Å². The van der Waals surface area contributed by atoms with E-state index in [1.165, 1.54) is 19.3 Å². The van der Waals surface area contributed by atoms with Crippen molar-refractivity contribution in [2.45, 2.75) is 33.1 Å². The maximum atomic E-state index is 2.21. The van der Waals surface area contributed by atoms with Crippen LogP contribution in [-0.2, 0) is 0 Å². The molecule has 0 atom stereocenters. The summed E-state index contributed by atoms with van der Waals surface area (Å²) in [6.45, 7) is 4.42. The second-order valence-electron chi connectivity index (χ2n) is 2.51. The Morgan fingerprint density at radius 2 is 0.846 bits per heavy atom. The zero-order valence-corrected chi connectivity index (χ0v) is 10.0. The van der Waals surface area contributed by atoms with Crippen LogP contribution in [0.15, 0.2) is 36.4 Å². The van der Waals surface area contributed by atoms with Crippen LogP contribution < -0.4 is 0 Å². The van der Waals surface area contributed by atoms with E-state index in [1.54, 1.807) is 0 Å². The number of hydrogen-bond acceptors (Lipinski definition) is 0. The first-order valence-corrected chi connectivity index (χ1v) is 4.41. The van der Waals surface area contributed by atoms with Crippen molar-refractivity contribution in [2.75, 3.05) is 0 Å². The lowest BCUT2D eigenvalue weighted by Crippen LogP contribution is -1.59. The van der Waals surface area contributed by atoms with Crippen LogP contribution in [0.4, 0.5) is 0 Å². The topological polar surface area (TPSA) is 0 Å². The van der Waals surface area contributed by atoms with Gasteiger partial charge in [-0.05, 0) is 0 Å². The van der Waals surface area contributed by atoms with Crippen LogP contribution in [0, 0.1) is 0 Å². The zero-order chi connectivity index (χ0) is 8.36. The fourth-order valence-electron chi connectivity index (χ4n) is 0.738. The van der Waals surface area contributed by atoms with Gasteiger partial charge in [0.1, 0.15) is 0 Å². The largest absolute Gasteiger partial charge is 0.147 e. The van der Waals surface area contributed by atoms with E-state index in [9.17, 15) is 0 Å². The molecular weight excluding hydrogens is 203 g/mol. The minimum Gasteiger partial charge on any atom is -0.147 e. The third-order valence-electron chi connectivity index (χ3n) is 1.37. The average Bonchev–Trinajstić information content (AvgIpc) is 2.10. The standard InChI is InChI=1S/C6H6.C5H12.2ClH/c1-2-4-6-5-3-1;1-3-5-4-2;;/h1-6H;3-5H2,1-2H3;2*1H. The molecule has 0 aromatic heterocycles. The lowest BCUT2D eigenvalue weighted by atomic mass is 10.3. The Morgan fingerprint density at radius 1 is 0.615 bits per heavy atom. The minimum absolute atomic E-state index is 0. The van der Waals surface area contributed by atoms with Crippen molar-refractivity contribution in [3.05, 3.63) is 36.4 Å². The first-order valence-electron chi connectivity index (χ1n) is 4.41. The Labute approximate surface area is 94.6 Å². The van der Waals surface area contributed by atoms with Crippen LogP contribution in [0.1, 0.15) is 33.1 Å². The number of benzene rings is 1. The number of hydrogen-bond donors (Lipinski definition) is 0. The van der Waals surface area contributed by atoms with E-state index in [0.29, 0.717) is 0 Å². The average molecular weight is 223 g/mol. The second kappa shape index (κ2) is 17.8. The van der Waals surface area contributed by atoms with Gasteiger partial charge in [-0.1, -0.05) is 69.5 Å². The van der Waals surface area contributed by atoms with E-state index in [2.05, 4.69) is 13.8 Å². The van der Waals surface area contributed by atoms with Crippen molar-refractivity contribution in [3.63, 3.8) is 0 Å². The number of halogens is 2. The number of rotatable bonds is 2. The summed E-state index contributed by atoms with van der Waals surface area (Å²) >= 11 is 0. The molecule has 1 aromatic rings. The summed E-state index contributed by atoms with van der Waals surface area (Å²) in [5.74, 6) is 0. The summed E-state index contributed by atoms with van der Waals surface area (Å²) in [4.78, 5) is 0. The Hall–Kier alpha value is -0.200. The van der Waals surface area contributed by atoms with E-state index in [4.69, 9.17) is 0 Å². The Kier molecular flexibility index (Phi) is 25.4. The molecule has 0 heterocycles. The van der Waals surface area contributed by atoms with Crippen LogP contribution in [-0.4, -0.2) is 0 Å². The van der Waals surface area contributed by atoms with Crippen LogP contribution in [0.25, 0.3) is 0 Å². The summed E-state index contributed by atoms with van der Waals surface area (Å²) < 4.78 is 0. The summed E-state index contributed by atoms with van der Waals surface area (Å²) in [5.41, 5.74) is 0. The first-order chi connectivity index (χ1) is 5.41. The first kappa shape index (κ1) is 18.6. The van der Waals surface area contributed by atoms with Crippen molar-refractivity contribution in [1.82, 2.24) is 0 Å². The van der Waals surface area contributed by atoms with Gasteiger partial charge in [0, 0.05) is 0 Å². The fourth-order valence-corrected chi connectivity index (χ4v) is 0.738. The SMILES string of the molecule is CCCCC.Cl.Cl.c1ccccc1. The summed E-state index contributed by atoms with van der Waals surface area (Å²) in [5, 5.41) is 0. The molecule has 1 rings (SSSR count). The molecule has 0 N–H and O–H groups in total. The molecule has 0 aliphatic carbocycles. The van der Waals surface area contributed by atoms with Gasteiger partial charge in [-0.15, -0.1) is 24.8 Å². The molecule has 13 heavy (non-hydrogen) atoms. The molecule has 0 fully saturated rings. The lowest BCUT2D eigenvalue weighted by molar-refractivity contribution is 0.772. The van der Waals surface area contributed by atoms with Gasteiger partial charge >= 0.3 is 0 Å². The highest BCUT2D eigenvalue weighted by molar-refractivity contribution is 5.85. The van der Waals surface area contributed by atoms with Gasteiger partial charge in [0.2, 0.25) is 0 Å². The Morgan fingerprint density at radius 3 is 0.923 bits per heavy atom. The molecule has 78 valence electrons. The van der Waals surface area contributed by atoms with Gasteiger partial charge in [-0.3, -0.25) is 0 Å². The third kappa shape index (κ3) is 18.6. The zero-order valence-electron chi connectivity index (χ0n) is 8.40. The third-order valence-corrected chi connectivity index (χ3v) is 1.37. The monoisotopic (exact) mass is 222 g/mol. The van der Waals surface area contributed by atoms with Gasteiger partial charge in [-0.25, -0.2) is 0 Å². The van der Waals surface area contributed by atoms with Gasteiger partial charge in [0.15, 0.2) is 0 Å². The highest BCUT2D eigenvalue weighted by atomic mass is 35.5. The molecule has 0 unspecified atom stereocenters. The predicted octanol–water partition coefficient (Wildman–Crippen LogP) is 4.73. The van der Waals surface area contributed by atoms with Crippen LogP contribution in [0.2, 0.25) is 0 Å². The summed E-state index contributed by atoms with van der Waals surface area (Å²) in [7, 11) is 0. The molecular formula is C11H20Cl2. The maximum Gasteiger partial charge on any atom is -0.0538 e. The molecule has 0 aliphatic heterocycles. The van der Waals surface area contributed by atoms with Crippen molar-refractivity contribution >= 4 is 24.8 Å². The van der Waals surface area contributed by atoms with Gasteiger partial charge in [0.05, 0.1) is 0 Å². The molecule has 2 heteroatoms. The number of unbranched alkanes of at least 4 members (excludes halogenated alkanes) is 2. The van der Waals surface area contributed by atoms with E-state index in [0.717, 1.165) is 0 Å². The highest BCUT2D eigenvalue weighted by Crippen LogP contribution is 1.88. The lowest BCUT2D eigenvalue weighted by Gasteiger charge is -1.79. The van der Waals surface area contributed by atoms with Crippen molar-refractivity contribution in [2.24, 2.45) is 0 Å². The molecule has 0 aliphatic rings. The van der Waals surface area contributed by atoms with Gasteiger partial charge < -0.3 is 0 Å². The molecule has 0 bridgehead atoms. The van der Waals surface area contributed by atoms with Gasteiger partial charge in [-0.2, -0.15) is 0 Å². The predicted molar refractivity (Wildman–Crippen MR) is 66.1 cm³/mol. The fraction of sp³-hybridized carbons (Fsp3) is 0.455. The van der Waals surface area contributed by atoms with E-state index < -0.39 is 0 Å². The summed E-state index contributed by atoms with van der Waals surface area (Å²) in [6.07, 6.45) is 4.08. The molecule has 1 aromatic carbocycles. The highest BCUT2D eigenvalue weighted by Gasteiger charge is 1.68. The normalized spacial score (nSPS) is 6.92. The van der Waals surface area contributed by atoms with Crippen LogP contribution >= 0.6 is 24.8 Å². The molecule has 0 saturated heterocycles. The van der Waals surface area contributed by atoms with E-state index in [1.807, 2.05) is 36.4 Å². The molecule has 0 spiro atoms. The molecule has 0 nitrogen and oxygen atoms in total. The smallest absolute Gasteiger partial charge is 0.0538 e. The van der Waals surface area contributed by atoms with E-state index >= 15 is 0 Å². The maximum absolute atomic E-state index is 2.21. The molecule has 0 saturated carbocycles. The van der Waals surface area contributed by atoms with Crippen molar-refractivity contribution < 1.29 is 0 Å². The molecule has 0 radical (unpaired) electrons. The van der Waals surface area contributed by atoms with E-state index in [-0.39, 0.29) is 24.8 Å². The second-order valence-corrected chi connectivity index (χ2v) is 2.51. The summed E-state index contributed by atoms with van der Waals surface area (Å²) in [6, 6.07) is 12.0. The minimum atomic E-state index is 0. The van der Waals surface area contributed by atoms with Crippen molar-refractivity contribution in [3.8, 4) is 0 Å². The Bertz CT molecular complexity index is 111. The Balaban J connectivity index is -0.000000136. The van der Waals surface area contributed by atoms with Crippen LogP contribution in [0.5, 0.6) is 0 Å².